The number of carbonyl (C=O) groups excluding carboxylic acids is 3. The number of nitrogens with zero attached hydrogens (tertiary/aromatic N) is 1. The van der Waals surface area contributed by atoms with Crippen molar-refractivity contribution in [3.63, 3.8) is 0 Å². The second kappa shape index (κ2) is 12.2. The molecular weight excluding hydrogens is 469 g/mol. The standard InChI is InChI=1S/C20H22N2O5S2.BH2NS/c1-3-14(24)8-16-18(25)22-17(20(26)27)12(10-29-19(16)22)9-28-15-6-4-13(5-7-15)21-11(2)23;2-1-3/h4-7,16,19H,3,8-10H2,1-2H3,(H,21,23)(H,26,27);2H2/t16-,19-;/m1./s1. The van der Waals surface area contributed by atoms with Gasteiger partial charge in [-0.2, -0.15) is 0 Å². The monoisotopic (exact) mass is 493 g/mol. The number of nitrogens with one attached hydrogen (secondary N) is 1. The number of Topliss-reactive ketones (excluding diaryl/α,β-unsaturated/α-hetero) is 1. The van der Waals surface area contributed by atoms with Gasteiger partial charge in [0.25, 0.3) is 0 Å². The Balaban J connectivity index is 0.00000114. The van der Waals surface area contributed by atoms with Gasteiger partial charge in [0.15, 0.2) is 0 Å². The average molecular weight is 493 g/mol. The molecule has 0 unspecified atom stereocenters. The van der Waals surface area contributed by atoms with Crippen LogP contribution in [-0.2, 0) is 19.2 Å². The van der Waals surface area contributed by atoms with Gasteiger partial charge in [0.05, 0.1) is 11.3 Å². The third kappa shape index (κ3) is 6.42. The summed E-state index contributed by atoms with van der Waals surface area (Å²) in [6, 6.07) is 7.29. The number of hydrogen-bond donors (Lipinski definition) is 3. The van der Waals surface area contributed by atoms with E-state index >= 15 is 0 Å². The number of hydrogen-bond acceptors (Lipinski definition) is 7. The summed E-state index contributed by atoms with van der Waals surface area (Å²) in [5, 5.41) is 12.1. The second-order valence-corrected chi connectivity index (χ2v) is 9.43. The fourth-order valence-electron chi connectivity index (χ4n) is 3.33. The molecule has 0 bridgehead atoms. The molecule has 12 heteroatoms. The molecule has 0 spiro atoms. The van der Waals surface area contributed by atoms with E-state index in [-0.39, 0.29) is 35.1 Å². The number of benzene rings is 1. The molecular formula is C20H24BN3O5S3. The molecule has 2 aliphatic heterocycles. The van der Waals surface area contributed by atoms with Crippen LogP contribution in [0.25, 0.3) is 0 Å². The van der Waals surface area contributed by atoms with Crippen LogP contribution in [-0.4, -0.2) is 56.7 Å². The Morgan fingerprint density at radius 2 is 1.97 bits per heavy atom. The van der Waals surface area contributed by atoms with E-state index in [9.17, 15) is 24.3 Å². The molecule has 4 N–H and O–H groups in total. The summed E-state index contributed by atoms with van der Waals surface area (Å²) >= 11 is 7.05. The van der Waals surface area contributed by atoms with E-state index in [0.717, 1.165) is 11.2 Å². The number of nitrogens with two attached hydrogens (primary N) is 1. The van der Waals surface area contributed by atoms with Gasteiger partial charge in [-0.3, -0.25) is 19.3 Å². The van der Waals surface area contributed by atoms with Crippen molar-refractivity contribution in [2.75, 3.05) is 16.8 Å². The molecule has 8 nitrogen and oxygen atoms in total. The van der Waals surface area contributed by atoms with Crippen LogP contribution in [0.3, 0.4) is 0 Å². The van der Waals surface area contributed by atoms with Crippen LogP contribution in [0.2, 0.25) is 0 Å². The Bertz CT molecular complexity index is 939. The molecule has 0 saturated carbocycles. The topological polar surface area (TPSA) is 130 Å². The molecule has 2 amide bonds. The van der Waals surface area contributed by atoms with Crippen molar-refractivity contribution in [3.05, 3.63) is 35.5 Å². The first kappa shape index (κ1) is 26.1. The van der Waals surface area contributed by atoms with Gasteiger partial charge in [-0.1, -0.05) is 6.92 Å². The van der Waals surface area contributed by atoms with Crippen molar-refractivity contribution in [3.8, 4) is 0 Å². The molecule has 3 rings (SSSR count). The van der Waals surface area contributed by atoms with Crippen LogP contribution in [0.15, 0.2) is 40.4 Å². The third-order valence-electron chi connectivity index (χ3n) is 4.79. The number of rotatable bonds is 8. The van der Waals surface area contributed by atoms with E-state index in [0.29, 0.717) is 29.2 Å². The number of thioether (sulfide) groups is 2. The minimum absolute atomic E-state index is 0.0218. The maximum atomic E-state index is 12.5. The summed E-state index contributed by atoms with van der Waals surface area (Å²) in [6.45, 7) is 3.20. The van der Waals surface area contributed by atoms with E-state index in [1.54, 1.807) is 19.1 Å². The number of carbonyl (C=O) groups is 4. The van der Waals surface area contributed by atoms with Crippen LogP contribution in [0, 0.1) is 5.92 Å². The second-order valence-electron chi connectivity index (χ2n) is 7.00. The summed E-state index contributed by atoms with van der Waals surface area (Å²) in [4.78, 5) is 49.5. The summed E-state index contributed by atoms with van der Waals surface area (Å²) in [5.74, 6) is -0.962. The van der Waals surface area contributed by atoms with E-state index in [2.05, 4.69) is 23.0 Å². The van der Waals surface area contributed by atoms with Crippen LogP contribution in [0.1, 0.15) is 26.7 Å². The first-order chi connectivity index (χ1) is 15.2. The molecule has 0 aliphatic carbocycles. The van der Waals surface area contributed by atoms with Crippen molar-refractivity contribution in [2.24, 2.45) is 11.6 Å². The van der Waals surface area contributed by atoms with Gasteiger partial charge in [0.1, 0.15) is 11.5 Å². The molecule has 1 saturated heterocycles. The molecule has 1 fully saturated rings. The predicted octanol–water partition coefficient (Wildman–Crippen LogP) is 2.65. The molecule has 2 atom stereocenters. The number of carboxylic acids is 1. The summed E-state index contributed by atoms with van der Waals surface area (Å²) in [7, 11) is 0. The van der Waals surface area contributed by atoms with Gasteiger partial charge in [0, 0.05) is 41.9 Å². The van der Waals surface area contributed by atoms with E-state index < -0.39 is 11.9 Å². The van der Waals surface area contributed by atoms with Gasteiger partial charge < -0.3 is 10.4 Å². The van der Waals surface area contributed by atoms with Crippen molar-refractivity contribution in [1.29, 1.82) is 0 Å². The Hall–Kier alpha value is -2.18. The van der Waals surface area contributed by atoms with Gasteiger partial charge in [-0.15, -0.1) is 23.5 Å². The van der Waals surface area contributed by atoms with Crippen molar-refractivity contribution >= 4 is 71.1 Å². The van der Waals surface area contributed by atoms with E-state index in [1.807, 2.05) is 12.1 Å². The quantitative estimate of drug-likeness (QED) is 0.284. The first-order valence-corrected chi connectivity index (χ1v) is 12.3. The van der Waals surface area contributed by atoms with Crippen molar-refractivity contribution in [1.82, 2.24) is 4.90 Å². The number of ketones is 1. The Kier molecular flexibility index (Phi) is 9.92. The summed E-state index contributed by atoms with van der Waals surface area (Å²) in [6.07, 6.45) is 1.65. The van der Waals surface area contributed by atoms with Gasteiger partial charge >= 0.3 is 30.0 Å². The number of aliphatic carboxylic acids is 1. The first-order valence-electron chi connectivity index (χ1n) is 9.80. The summed E-state index contributed by atoms with van der Waals surface area (Å²) in [5.41, 5.74) is 5.99. The normalized spacial score (nSPS) is 19.1. The average Bonchev–Trinajstić information content (AvgIpc) is 2.76. The molecule has 1 aromatic rings. The fourth-order valence-corrected chi connectivity index (χ4v) is 5.78. The number of amides is 2. The number of fused-ring (bicyclic) bond motifs is 1. The molecule has 0 radical (unpaired) electrons. The molecule has 170 valence electrons. The number of carboxylic acid groups (broad SMARTS) is 1. The molecule has 2 heterocycles. The van der Waals surface area contributed by atoms with Crippen molar-refractivity contribution in [2.45, 2.75) is 37.0 Å². The molecule has 0 aromatic heterocycles. The van der Waals surface area contributed by atoms with E-state index in [4.69, 9.17) is 0 Å². The Morgan fingerprint density at radius 3 is 2.50 bits per heavy atom. The van der Waals surface area contributed by atoms with Crippen molar-refractivity contribution < 1.29 is 24.3 Å². The van der Waals surface area contributed by atoms with Crippen LogP contribution in [0.5, 0.6) is 0 Å². The fraction of sp³-hybridized carbons (Fsp3) is 0.400. The van der Waals surface area contributed by atoms with Gasteiger partial charge in [0.2, 0.25) is 11.8 Å². The molecule has 32 heavy (non-hydrogen) atoms. The van der Waals surface area contributed by atoms with Crippen LogP contribution >= 0.6 is 35.6 Å². The summed E-state index contributed by atoms with van der Waals surface area (Å²) < 4.78 is 0. The van der Waals surface area contributed by atoms with E-state index in [1.165, 1.54) is 35.3 Å². The van der Waals surface area contributed by atoms with Gasteiger partial charge in [-0.25, -0.2) is 4.79 Å². The van der Waals surface area contributed by atoms with Crippen LogP contribution in [0.4, 0.5) is 5.69 Å². The SMILES string of the molecule is CCC(=O)C[C@@H]1C(=O)N2C(C(=O)O)=C(CSc3ccc(NC(C)=O)cc3)CS[C@H]12.NB=S. The molecule has 1 aromatic carbocycles. The number of β-lactam (4-membered cyclic amide) rings is 1. The zero-order chi connectivity index (χ0) is 23.8. The molecule has 2 aliphatic rings. The minimum atomic E-state index is -1.11. The Labute approximate surface area is 200 Å². The Morgan fingerprint density at radius 1 is 1.34 bits per heavy atom. The zero-order valence-electron chi connectivity index (χ0n) is 17.7. The number of anilines is 1. The van der Waals surface area contributed by atoms with Crippen LogP contribution < -0.4 is 11.0 Å². The third-order valence-corrected chi connectivity index (χ3v) is 7.28. The maximum absolute atomic E-state index is 12.5. The predicted molar refractivity (Wildman–Crippen MR) is 130 cm³/mol. The zero-order valence-corrected chi connectivity index (χ0v) is 20.1. The van der Waals surface area contributed by atoms with Gasteiger partial charge in [-0.05, 0) is 29.8 Å².